The predicted octanol–water partition coefficient (Wildman–Crippen LogP) is 1.52. The number of fused-ring (bicyclic) bond motifs is 1. The number of nitrogens with one attached hydrogen (secondary N) is 2. The summed E-state index contributed by atoms with van der Waals surface area (Å²) in [5, 5.41) is 6.90. The second kappa shape index (κ2) is 4.94. The van der Waals surface area contributed by atoms with Crippen LogP contribution in [0.2, 0.25) is 0 Å². The van der Waals surface area contributed by atoms with Crippen LogP contribution < -0.4 is 10.6 Å². The van der Waals surface area contributed by atoms with E-state index < -0.39 is 0 Å². The fourth-order valence-corrected chi connectivity index (χ4v) is 2.56. The maximum Gasteiger partial charge on any atom is 0.154 e. The third kappa shape index (κ3) is 2.18. The molecule has 0 unspecified atom stereocenters. The fraction of sp³-hybridized carbons (Fsp3) is 0.538. The summed E-state index contributed by atoms with van der Waals surface area (Å²) < 4.78 is 2.01. The number of pyridine rings is 1. The van der Waals surface area contributed by atoms with Crippen LogP contribution in [0.25, 0.3) is 11.0 Å². The lowest BCUT2D eigenvalue weighted by Gasteiger charge is -2.11. The van der Waals surface area contributed by atoms with Crippen molar-refractivity contribution < 1.29 is 0 Å². The van der Waals surface area contributed by atoms with Crippen LogP contribution in [0.15, 0.2) is 18.6 Å². The van der Waals surface area contributed by atoms with Crippen molar-refractivity contribution in [3.63, 3.8) is 0 Å². The van der Waals surface area contributed by atoms with Crippen molar-refractivity contribution in [3.05, 3.63) is 18.6 Å². The quantitative estimate of drug-likeness (QED) is 0.857. The molecular weight excluding hydrogens is 226 g/mol. The molecule has 1 saturated heterocycles. The standard InChI is InChI=1S/C13H19N5/c1-18-9-17-12-11(18)5-8-16-13(12)15-7-4-10-3-2-6-14-10/h5,8-10,14H,2-4,6-7H2,1H3,(H,15,16)/t10-/m0/s1. The van der Waals surface area contributed by atoms with Crippen molar-refractivity contribution >= 4 is 16.9 Å². The second-order valence-corrected chi connectivity index (χ2v) is 4.89. The fourth-order valence-electron chi connectivity index (χ4n) is 2.56. The molecule has 5 heteroatoms. The number of aryl methyl sites for hydroxylation is 1. The van der Waals surface area contributed by atoms with Gasteiger partial charge in [-0.3, -0.25) is 0 Å². The van der Waals surface area contributed by atoms with Crippen molar-refractivity contribution in [1.82, 2.24) is 19.9 Å². The van der Waals surface area contributed by atoms with Gasteiger partial charge >= 0.3 is 0 Å². The predicted molar refractivity (Wildman–Crippen MR) is 72.6 cm³/mol. The Morgan fingerprint density at radius 2 is 2.44 bits per heavy atom. The molecular formula is C13H19N5. The van der Waals surface area contributed by atoms with E-state index in [0.29, 0.717) is 6.04 Å². The highest BCUT2D eigenvalue weighted by Crippen LogP contribution is 2.18. The van der Waals surface area contributed by atoms with Crippen LogP contribution in [0, 0.1) is 0 Å². The molecule has 5 nitrogen and oxygen atoms in total. The lowest BCUT2D eigenvalue weighted by molar-refractivity contribution is 0.574. The van der Waals surface area contributed by atoms with E-state index in [2.05, 4.69) is 20.6 Å². The molecule has 1 aliphatic heterocycles. The molecule has 1 fully saturated rings. The first-order chi connectivity index (χ1) is 8.84. The van der Waals surface area contributed by atoms with E-state index in [-0.39, 0.29) is 0 Å². The number of hydrogen-bond acceptors (Lipinski definition) is 4. The number of aromatic nitrogens is 3. The summed E-state index contributed by atoms with van der Waals surface area (Å²) >= 11 is 0. The molecule has 3 rings (SSSR count). The minimum atomic E-state index is 0.667. The number of anilines is 1. The third-order valence-corrected chi connectivity index (χ3v) is 3.59. The Morgan fingerprint density at radius 1 is 1.50 bits per heavy atom. The van der Waals surface area contributed by atoms with Gasteiger partial charge in [-0.15, -0.1) is 0 Å². The number of hydrogen-bond donors (Lipinski definition) is 2. The van der Waals surface area contributed by atoms with Gasteiger partial charge in [0.25, 0.3) is 0 Å². The van der Waals surface area contributed by atoms with Gasteiger partial charge in [0.05, 0.1) is 11.8 Å². The minimum Gasteiger partial charge on any atom is -0.368 e. The highest BCUT2D eigenvalue weighted by atomic mass is 15.1. The van der Waals surface area contributed by atoms with Crippen molar-refractivity contribution in [2.24, 2.45) is 7.05 Å². The van der Waals surface area contributed by atoms with Gasteiger partial charge < -0.3 is 15.2 Å². The summed E-state index contributed by atoms with van der Waals surface area (Å²) in [5.41, 5.74) is 2.07. The summed E-state index contributed by atoms with van der Waals surface area (Å²) in [6.07, 6.45) is 7.41. The minimum absolute atomic E-state index is 0.667. The average molecular weight is 245 g/mol. The van der Waals surface area contributed by atoms with Crippen molar-refractivity contribution in [1.29, 1.82) is 0 Å². The van der Waals surface area contributed by atoms with E-state index in [9.17, 15) is 0 Å². The van der Waals surface area contributed by atoms with Gasteiger partial charge in [0.2, 0.25) is 0 Å². The average Bonchev–Trinajstić information content (AvgIpc) is 3.01. The molecule has 96 valence electrons. The molecule has 2 aromatic heterocycles. The molecule has 0 radical (unpaired) electrons. The Labute approximate surface area is 107 Å². The molecule has 2 N–H and O–H groups in total. The van der Waals surface area contributed by atoms with Gasteiger partial charge in [-0.25, -0.2) is 9.97 Å². The van der Waals surface area contributed by atoms with Gasteiger partial charge in [-0.2, -0.15) is 0 Å². The Morgan fingerprint density at radius 3 is 3.28 bits per heavy atom. The van der Waals surface area contributed by atoms with Crippen LogP contribution in [0.5, 0.6) is 0 Å². The highest BCUT2D eigenvalue weighted by Gasteiger charge is 2.13. The van der Waals surface area contributed by atoms with E-state index in [0.717, 1.165) is 29.8 Å². The Hall–Kier alpha value is -1.62. The van der Waals surface area contributed by atoms with Crippen LogP contribution in [0.4, 0.5) is 5.82 Å². The normalized spacial score (nSPS) is 19.5. The molecule has 0 amide bonds. The monoisotopic (exact) mass is 245 g/mol. The lowest BCUT2D eigenvalue weighted by Crippen LogP contribution is -2.24. The van der Waals surface area contributed by atoms with E-state index in [1.54, 1.807) is 0 Å². The first-order valence-electron chi connectivity index (χ1n) is 6.58. The van der Waals surface area contributed by atoms with Crippen molar-refractivity contribution in [2.45, 2.75) is 25.3 Å². The molecule has 18 heavy (non-hydrogen) atoms. The third-order valence-electron chi connectivity index (χ3n) is 3.59. The van der Waals surface area contributed by atoms with Crippen LogP contribution >= 0.6 is 0 Å². The van der Waals surface area contributed by atoms with Gasteiger partial charge in [0, 0.05) is 25.8 Å². The van der Waals surface area contributed by atoms with Crippen LogP contribution in [-0.2, 0) is 7.05 Å². The first-order valence-corrected chi connectivity index (χ1v) is 6.58. The van der Waals surface area contributed by atoms with Gasteiger partial charge in [0.1, 0.15) is 5.52 Å². The SMILES string of the molecule is Cn1cnc2c(NCC[C@@H]3CCCN3)nccc21. The Kier molecular flexibility index (Phi) is 3.15. The highest BCUT2D eigenvalue weighted by molar-refractivity contribution is 5.85. The number of nitrogens with zero attached hydrogens (tertiary/aromatic N) is 3. The van der Waals surface area contributed by atoms with E-state index >= 15 is 0 Å². The Bertz CT molecular complexity index is 527. The van der Waals surface area contributed by atoms with Gasteiger partial charge in [-0.05, 0) is 31.9 Å². The molecule has 0 saturated carbocycles. The smallest absolute Gasteiger partial charge is 0.154 e. The van der Waals surface area contributed by atoms with Crippen LogP contribution in [-0.4, -0.2) is 33.7 Å². The summed E-state index contributed by atoms with van der Waals surface area (Å²) in [7, 11) is 2.00. The topological polar surface area (TPSA) is 54.8 Å². The van der Waals surface area contributed by atoms with Crippen molar-refractivity contribution in [2.75, 3.05) is 18.4 Å². The zero-order valence-electron chi connectivity index (χ0n) is 10.7. The molecule has 3 heterocycles. The molecule has 0 aliphatic carbocycles. The van der Waals surface area contributed by atoms with Crippen LogP contribution in [0.1, 0.15) is 19.3 Å². The zero-order valence-corrected chi connectivity index (χ0v) is 10.7. The molecule has 0 spiro atoms. The largest absolute Gasteiger partial charge is 0.368 e. The Balaban J connectivity index is 1.66. The van der Waals surface area contributed by atoms with Gasteiger partial charge in [-0.1, -0.05) is 0 Å². The molecule has 0 aromatic carbocycles. The van der Waals surface area contributed by atoms with Gasteiger partial charge in [0.15, 0.2) is 5.82 Å². The van der Waals surface area contributed by atoms with E-state index in [1.807, 2.05) is 30.2 Å². The zero-order chi connectivity index (χ0) is 12.4. The molecule has 1 atom stereocenters. The van der Waals surface area contributed by atoms with E-state index in [1.165, 1.54) is 19.4 Å². The number of imidazole rings is 1. The summed E-state index contributed by atoms with van der Waals surface area (Å²) in [5.74, 6) is 0.895. The van der Waals surface area contributed by atoms with Crippen LogP contribution in [0.3, 0.4) is 0 Å². The second-order valence-electron chi connectivity index (χ2n) is 4.89. The summed E-state index contributed by atoms with van der Waals surface area (Å²) in [6, 6.07) is 2.66. The maximum atomic E-state index is 4.39. The van der Waals surface area contributed by atoms with E-state index in [4.69, 9.17) is 0 Å². The molecule has 2 aromatic rings. The number of rotatable bonds is 4. The van der Waals surface area contributed by atoms with Crippen molar-refractivity contribution in [3.8, 4) is 0 Å². The maximum absolute atomic E-state index is 4.39. The molecule has 0 bridgehead atoms. The first kappa shape index (κ1) is 11.5. The summed E-state index contributed by atoms with van der Waals surface area (Å²) in [6.45, 7) is 2.11. The summed E-state index contributed by atoms with van der Waals surface area (Å²) in [4.78, 5) is 8.77. The molecule has 1 aliphatic rings. The lowest BCUT2D eigenvalue weighted by atomic mass is 10.1.